The summed E-state index contributed by atoms with van der Waals surface area (Å²) in [4.78, 5) is 0. The molecule has 2 nitrogen and oxygen atoms in total. The van der Waals surface area contributed by atoms with E-state index in [0.29, 0.717) is 21.7 Å². The molecule has 0 bridgehead atoms. The van der Waals surface area contributed by atoms with Gasteiger partial charge in [0.15, 0.2) is 0 Å². The molecular formula is C13H17Cl2NO. The normalized spacial score (nSPS) is 21.5. The number of halogens is 2. The van der Waals surface area contributed by atoms with Crippen LogP contribution in [0.25, 0.3) is 0 Å². The van der Waals surface area contributed by atoms with E-state index in [9.17, 15) is 0 Å². The molecule has 0 saturated carbocycles. The van der Waals surface area contributed by atoms with Gasteiger partial charge < -0.3 is 10.1 Å². The van der Waals surface area contributed by atoms with Crippen molar-refractivity contribution >= 4 is 23.2 Å². The third-order valence-electron chi connectivity index (χ3n) is 3.22. The van der Waals surface area contributed by atoms with E-state index in [1.54, 1.807) is 6.07 Å². The Kier molecular flexibility index (Phi) is 4.55. The minimum Gasteiger partial charge on any atom is -0.488 e. The van der Waals surface area contributed by atoms with Crippen LogP contribution in [0.4, 0.5) is 0 Å². The van der Waals surface area contributed by atoms with Gasteiger partial charge in [0, 0.05) is 12.5 Å². The van der Waals surface area contributed by atoms with Crippen LogP contribution in [0.15, 0.2) is 18.2 Å². The van der Waals surface area contributed by atoms with Crippen LogP contribution in [0, 0.1) is 5.92 Å². The molecule has 1 aromatic rings. The highest BCUT2D eigenvalue weighted by atomic mass is 35.5. The fourth-order valence-electron chi connectivity index (χ4n) is 2.25. The van der Waals surface area contributed by atoms with E-state index < -0.39 is 0 Å². The molecule has 1 fully saturated rings. The molecule has 0 unspecified atom stereocenters. The Morgan fingerprint density at radius 1 is 1.47 bits per heavy atom. The number of ether oxygens (including phenoxy) is 1. The highest BCUT2D eigenvalue weighted by molar-refractivity contribution is 6.42. The molecule has 1 heterocycles. The zero-order chi connectivity index (χ0) is 12.3. The third kappa shape index (κ3) is 3.06. The standard InChI is InChI=1S/C13H17Cl2NO/c1-2-11(9-6-7-16-8-9)17-12-5-3-4-10(14)13(12)15/h3-5,9,11,16H,2,6-8H2,1H3/t9-,11+/m1/s1. The molecule has 0 aliphatic carbocycles. The van der Waals surface area contributed by atoms with Crippen molar-refractivity contribution in [2.24, 2.45) is 5.92 Å². The quantitative estimate of drug-likeness (QED) is 0.902. The van der Waals surface area contributed by atoms with Gasteiger partial charge in [-0.15, -0.1) is 0 Å². The summed E-state index contributed by atoms with van der Waals surface area (Å²) < 4.78 is 6.00. The summed E-state index contributed by atoms with van der Waals surface area (Å²) in [6.45, 7) is 4.24. The van der Waals surface area contributed by atoms with Gasteiger partial charge >= 0.3 is 0 Å². The summed E-state index contributed by atoms with van der Waals surface area (Å²) in [5.74, 6) is 1.26. The van der Waals surface area contributed by atoms with Gasteiger partial charge in [-0.05, 0) is 31.5 Å². The first-order valence-corrected chi connectivity index (χ1v) is 6.79. The van der Waals surface area contributed by atoms with Crippen molar-refractivity contribution in [2.75, 3.05) is 13.1 Å². The van der Waals surface area contributed by atoms with E-state index in [0.717, 1.165) is 25.9 Å². The molecule has 2 atom stereocenters. The van der Waals surface area contributed by atoms with E-state index in [1.165, 1.54) is 0 Å². The van der Waals surface area contributed by atoms with Crippen LogP contribution in [-0.4, -0.2) is 19.2 Å². The van der Waals surface area contributed by atoms with Gasteiger partial charge in [0.1, 0.15) is 16.9 Å². The van der Waals surface area contributed by atoms with Gasteiger partial charge in [0.05, 0.1) is 5.02 Å². The van der Waals surface area contributed by atoms with Gasteiger partial charge in [-0.2, -0.15) is 0 Å². The second-order valence-electron chi connectivity index (χ2n) is 4.37. The molecule has 0 aromatic heterocycles. The van der Waals surface area contributed by atoms with E-state index in [1.807, 2.05) is 12.1 Å². The molecule has 0 amide bonds. The molecule has 1 saturated heterocycles. The van der Waals surface area contributed by atoms with Crippen molar-refractivity contribution < 1.29 is 4.74 Å². The zero-order valence-corrected chi connectivity index (χ0v) is 11.4. The first-order valence-electron chi connectivity index (χ1n) is 6.03. The summed E-state index contributed by atoms with van der Waals surface area (Å²) in [6.07, 6.45) is 2.35. The largest absolute Gasteiger partial charge is 0.488 e. The van der Waals surface area contributed by atoms with E-state index in [-0.39, 0.29) is 6.10 Å². The van der Waals surface area contributed by atoms with E-state index in [2.05, 4.69) is 12.2 Å². The summed E-state index contributed by atoms with van der Waals surface area (Å²) >= 11 is 12.1. The van der Waals surface area contributed by atoms with Gasteiger partial charge in [-0.3, -0.25) is 0 Å². The summed E-state index contributed by atoms with van der Waals surface area (Å²) in [6, 6.07) is 5.51. The second-order valence-corrected chi connectivity index (χ2v) is 5.15. The van der Waals surface area contributed by atoms with Crippen LogP contribution in [0.1, 0.15) is 19.8 Å². The van der Waals surface area contributed by atoms with Crippen LogP contribution in [0.3, 0.4) is 0 Å². The lowest BCUT2D eigenvalue weighted by Gasteiger charge is -2.23. The molecule has 1 N–H and O–H groups in total. The number of benzene rings is 1. The van der Waals surface area contributed by atoms with E-state index in [4.69, 9.17) is 27.9 Å². The highest BCUT2D eigenvalue weighted by Gasteiger charge is 2.25. The molecule has 17 heavy (non-hydrogen) atoms. The number of hydrogen-bond donors (Lipinski definition) is 1. The average Bonchev–Trinajstić information content (AvgIpc) is 2.85. The lowest BCUT2D eigenvalue weighted by Crippen LogP contribution is -2.28. The Balaban J connectivity index is 2.09. The van der Waals surface area contributed by atoms with Crippen molar-refractivity contribution in [3.8, 4) is 5.75 Å². The molecule has 1 aliphatic heterocycles. The molecule has 2 rings (SSSR count). The van der Waals surface area contributed by atoms with Crippen LogP contribution >= 0.6 is 23.2 Å². The maximum absolute atomic E-state index is 6.13. The molecule has 94 valence electrons. The Morgan fingerprint density at radius 3 is 2.94 bits per heavy atom. The molecule has 4 heteroatoms. The first-order chi connectivity index (χ1) is 8.22. The molecule has 0 radical (unpaired) electrons. The summed E-state index contributed by atoms with van der Waals surface area (Å²) in [5, 5.41) is 4.42. The van der Waals surface area contributed by atoms with Gasteiger partial charge in [-0.25, -0.2) is 0 Å². The Hall–Kier alpha value is -0.440. The van der Waals surface area contributed by atoms with Crippen molar-refractivity contribution in [3.63, 3.8) is 0 Å². The number of hydrogen-bond acceptors (Lipinski definition) is 2. The predicted molar refractivity (Wildman–Crippen MR) is 72.1 cm³/mol. The lowest BCUT2D eigenvalue weighted by molar-refractivity contribution is 0.138. The lowest BCUT2D eigenvalue weighted by atomic mass is 9.99. The summed E-state index contributed by atoms with van der Waals surface area (Å²) in [7, 11) is 0. The minimum atomic E-state index is 0.209. The van der Waals surface area contributed by atoms with Crippen molar-refractivity contribution in [1.82, 2.24) is 5.32 Å². The Bertz CT molecular complexity index is 378. The van der Waals surface area contributed by atoms with Crippen molar-refractivity contribution in [1.29, 1.82) is 0 Å². The number of nitrogens with one attached hydrogen (secondary N) is 1. The summed E-state index contributed by atoms with van der Waals surface area (Å²) in [5.41, 5.74) is 0. The Labute approximate surface area is 112 Å². The first kappa shape index (κ1) is 13.0. The van der Waals surface area contributed by atoms with Crippen LogP contribution in [-0.2, 0) is 0 Å². The molecular weight excluding hydrogens is 257 g/mol. The Morgan fingerprint density at radius 2 is 2.29 bits per heavy atom. The minimum absolute atomic E-state index is 0.209. The highest BCUT2D eigenvalue weighted by Crippen LogP contribution is 2.33. The third-order valence-corrected chi connectivity index (χ3v) is 4.02. The molecule has 1 aliphatic rings. The zero-order valence-electron chi connectivity index (χ0n) is 9.88. The maximum Gasteiger partial charge on any atom is 0.139 e. The van der Waals surface area contributed by atoms with Gasteiger partial charge in [0.25, 0.3) is 0 Å². The van der Waals surface area contributed by atoms with Gasteiger partial charge in [-0.1, -0.05) is 36.2 Å². The molecule has 0 spiro atoms. The van der Waals surface area contributed by atoms with Crippen LogP contribution < -0.4 is 10.1 Å². The second kappa shape index (κ2) is 5.94. The van der Waals surface area contributed by atoms with Crippen molar-refractivity contribution in [2.45, 2.75) is 25.9 Å². The van der Waals surface area contributed by atoms with Crippen LogP contribution in [0.5, 0.6) is 5.75 Å². The van der Waals surface area contributed by atoms with Gasteiger partial charge in [0.2, 0.25) is 0 Å². The van der Waals surface area contributed by atoms with Crippen LogP contribution in [0.2, 0.25) is 10.0 Å². The molecule has 1 aromatic carbocycles. The predicted octanol–water partition coefficient (Wildman–Crippen LogP) is 3.76. The fraction of sp³-hybridized carbons (Fsp3) is 0.538. The topological polar surface area (TPSA) is 21.3 Å². The fourth-order valence-corrected chi connectivity index (χ4v) is 2.58. The smallest absolute Gasteiger partial charge is 0.139 e. The maximum atomic E-state index is 6.13. The SMILES string of the molecule is CC[C@H](Oc1cccc(Cl)c1Cl)[C@@H]1CCNC1. The monoisotopic (exact) mass is 273 g/mol. The average molecular weight is 274 g/mol. The van der Waals surface area contributed by atoms with Crippen molar-refractivity contribution in [3.05, 3.63) is 28.2 Å². The van der Waals surface area contributed by atoms with E-state index >= 15 is 0 Å². The number of rotatable bonds is 4.